The second kappa shape index (κ2) is 11.7. The van der Waals surface area contributed by atoms with Crippen LogP contribution in [0.2, 0.25) is 0 Å². The molecule has 0 spiro atoms. The van der Waals surface area contributed by atoms with Gasteiger partial charge in [0.2, 0.25) is 5.78 Å². The maximum absolute atomic E-state index is 14.3. The Hall–Kier alpha value is -1.78. The molecule has 198 valence electrons. The van der Waals surface area contributed by atoms with E-state index in [0.717, 1.165) is 62.9 Å². The lowest BCUT2D eigenvalue weighted by molar-refractivity contribution is 0.103. The first-order chi connectivity index (χ1) is 17.1. The topological polar surface area (TPSA) is 73.6 Å². The number of hydrogen-bond acceptors (Lipinski definition) is 7. The van der Waals surface area contributed by atoms with Crippen molar-refractivity contribution in [3.05, 3.63) is 46.1 Å². The molecule has 4 N–H and O–H groups in total. The van der Waals surface area contributed by atoms with Gasteiger partial charge in [0.15, 0.2) is 0 Å². The van der Waals surface area contributed by atoms with Crippen LogP contribution in [0.15, 0.2) is 24.3 Å². The number of ketones is 1. The molecule has 4 rings (SSSR count). The van der Waals surface area contributed by atoms with Crippen molar-refractivity contribution in [1.82, 2.24) is 14.5 Å². The van der Waals surface area contributed by atoms with Gasteiger partial charge in [-0.1, -0.05) is 18.0 Å². The van der Waals surface area contributed by atoms with Crippen molar-refractivity contribution >= 4 is 44.3 Å². The zero-order chi connectivity index (χ0) is 25.9. The minimum absolute atomic E-state index is 0.0428. The molecule has 1 atom stereocenters. The summed E-state index contributed by atoms with van der Waals surface area (Å²) in [4.78, 5) is 16.0. The lowest BCUT2D eigenvalue weighted by Crippen LogP contribution is -2.57. The van der Waals surface area contributed by atoms with E-state index in [1.54, 1.807) is 19.1 Å². The van der Waals surface area contributed by atoms with Gasteiger partial charge in [-0.3, -0.25) is 9.10 Å². The molecule has 0 bridgehead atoms. The second-order valence-corrected chi connectivity index (χ2v) is 13.5. The average Bonchev–Trinajstić information content (AvgIpc) is 3.18. The van der Waals surface area contributed by atoms with Gasteiger partial charge in [-0.2, -0.15) is 0 Å². The van der Waals surface area contributed by atoms with E-state index >= 15 is 0 Å². The van der Waals surface area contributed by atoms with Gasteiger partial charge in [0.1, 0.15) is 10.7 Å². The Bertz CT molecular complexity index is 1070. The average molecular weight is 534 g/mol. The Balaban J connectivity index is 1.24. The molecule has 2 saturated heterocycles. The Morgan fingerprint density at radius 2 is 2.08 bits per heavy atom. The summed E-state index contributed by atoms with van der Waals surface area (Å²) in [5.74, 6) is 4.77. The summed E-state index contributed by atoms with van der Waals surface area (Å²) in [6, 6.07) is 6.82. The van der Waals surface area contributed by atoms with Crippen LogP contribution in [0.1, 0.15) is 53.9 Å². The first-order valence-corrected chi connectivity index (χ1v) is 15.2. The lowest BCUT2D eigenvalue weighted by atomic mass is 10.0. The molecule has 2 fully saturated rings. The highest BCUT2D eigenvalue weighted by Crippen LogP contribution is 2.34. The number of aryl methyl sites for hydroxylation is 1. The summed E-state index contributed by atoms with van der Waals surface area (Å²) in [6.07, 6.45) is 3.24. The zero-order valence-corrected chi connectivity index (χ0v) is 23.4. The van der Waals surface area contributed by atoms with Gasteiger partial charge < -0.3 is 21.3 Å². The highest BCUT2D eigenvalue weighted by atomic mass is 32.2. The summed E-state index contributed by atoms with van der Waals surface area (Å²) in [5.41, 5.74) is 7.50. The van der Waals surface area contributed by atoms with E-state index in [0.29, 0.717) is 22.2 Å². The number of carbonyl (C=O) groups excluding carboxylic acids is 1. The number of halogens is 1. The number of benzene rings is 1. The van der Waals surface area contributed by atoms with Crippen molar-refractivity contribution in [2.45, 2.75) is 51.6 Å². The van der Waals surface area contributed by atoms with E-state index in [-0.39, 0.29) is 27.6 Å². The number of nitrogens with one attached hydrogen (secondary N) is 2. The molecule has 0 amide bonds. The van der Waals surface area contributed by atoms with Gasteiger partial charge in [0.05, 0.1) is 16.3 Å². The largest absolute Gasteiger partial charge is 0.397 e. The molecule has 0 aliphatic carbocycles. The minimum atomic E-state index is -0.505. The van der Waals surface area contributed by atoms with Crippen LogP contribution in [0, 0.1) is 12.7 Å². The van der Waals surface area contributed by atoms with Crippen LogP contribution in [-0.4, -0.2) is 77.5 Å². The number of piperidine rings is 1. The number of piperazine rings is 1. The maximum Gasteiger partial charge on any atom is 0.208 e. The van der Waals surface area contributed by atoms with E-state index in [2.05, 4.69) is 39.6 Å². The Kier molecular flexibility index (Phi) is 8.88. The van der Waals surface area contributed by atoms with Crippen molar-refractivity contribution in [1.29, 1.82) is 0 Å². The summed E-state index contributed by atoms with van der Waals surface area (Å²) < 4.78 is 16.8. The van der Waals surface area contributed by atoms with Gasteiger partial charge in [0.25, 0.3) is 0 Å². The zero-order valence-electron chi connectivity index (χ0n) is 21.7. The molecule has 36 heavy (non-hydrogen) atoms. The van der Waals surface area contributed by atoms with Crippen molar-refractivity contribution in [2.75, 3.05) is 56.1 Å². The fourth-order valence-electron chi connectivity index (χ4n) is 5.17. The monoisotopic (exact) mass is 533 g/mol. The predicted molar refractivity (Wildman–Crippen MR) is 154 cm³/mol. The third kappa shape index (κ3) is 6.75. The van der Waals surface area contributed by atoms with Gasteiger partial charge in [0, 0.05) is 50.1 Å². The molecule has 0 radical (unpaired) electrons. The van der Waals surface area contributed by atoms with Crippen molar-refractivity contribution in [3.63, 3.8) is 0 Å². The van der Waals surface area contributed by atoms with Crippen LogP contribution >= 0.6 is 22.0 Å². The lowest BCUT2D eigenvalue weighted by Gasteiger charge is -2.39. The summed E-state index contributed by atoms with van der Waals surface area (Å²) in [7, 11) is 0.0428. The molecule has 2 aliphatic rings. The highest BCUT2D eigenvalue weighted by molar-refractivity contribution is 8.12. The maximum atomic E-state index is 14.3. The van der Waals surface area contributed by atoms with E-state index in [9.17, 15) is 9.18 Å². The number of rotatable bonds is 9. The molecular formula is C27H40FN5OS2. The highest BCUT2D eigenvalue weighted by Gasteiger charge is 2.26. The third-order valence-corrected chi connectivity index (χ3v) is 10.0. The summed E-state index contributed by atoms with van der Waals surface area (Å²) >= 11 is 1.32. The Morgan fingerprint density at radius 1 is 1.33 bits per heavy atom. The number of anilines is 2. The molecule has 0 saturated carbocycles. The summed E-state index contributed by atoms with van der Waals surface area (Å²) in [6.45, 7) is 12.8. The molecule has 2 aliphatic heterocycles. The molecule has 6 nitrogen and oxygen atoms in total. The van der Waals surface area contributed by atoms with E-state index in [4.69, 9.17) is 5.73 Å². The van der Waals surface area contributed by atoms with E-state index in [1.165, 1.54) is 23.8 Å². The number of nitrogens with zero attached hydrogens (tertiary/aromatic N) is 2. The van der Waals surface area contributed by atoms with Crippen LogP contribution in [0.4, 0.5) is 15.1 Å². The molecule has 2 aromatic rings. The Morgan fingerprint density at radius 3 is 2.78 bits per heavy atom. The van der Waals surface area contributed by atoms with Gasteiger partial charge in [-0.15, -0.1) is 22.0 Å². The molecule has 1 aromatic carbocycles. The number of carbonyl (C=O) groups is 1. The fourth-order valence-corrected chi connectivity index (χ4v) is 7.62. The van der Waals surface area contributed by atoms with Crippen molar-refractivity contribution in [3.8, 4) is 0 Å². The normalized spacial score (nSPS) is 20.3. The van der Waals surface area contributed by atoms with Crippen LogP contribution in [-0.2, 0) is 0 Å². The van der Waals surface area contributed by atoms with Crippen molar-refractivity contribution in [2.24, 2.45) is 0 Å². The number of nitrogen functional groups attached to an aromatic ring is 1. The van der Waals surface area contributed by atoms with E-state index < -0.39 is 5.82 Å². The fraction of sp³-hybridized carbons (Fsp3) is 0.556. The van der Waals surface area contributed by atoms with Gasteiger partial charge >= 0.3 is 0 Å². The standard InChI is InChI=1S/C27H40FN5OS2/c1-19-7-5-8-21(28)24(19)25(34)26-22(29)17-23(35-26)31-20-9-13-33(14-10-20)36(4)16-6-12-32-15-11-30-27(2,3)18-32/h5,7-8,17,20,30-31H,4,6,9-16,18,29H2,1-3H3. The van der Waals surface area contributed by atoms with Gasteiger partial charge in [-0.05, 0) is 64.3 Å². The van der Waals surface area contributed by atoms with Gasteiger partial charge in [-0.25, -0.2) is 4.39 Å². The smallest absolute Gasteiger partial charge is 0.208 e. The van der Waals surface area contributed by atoms with Crippen LogP contribution in [0.5, 0.6) is 0 Å². The molecule has 3 heterocycles. The predicted octanol–water partition coefficient (Wildman–Crippen LogP) is 4.57. The quantitative estimate of drug-likeness (QED) is 0.324. The number of hydrogen-bond donors (Lipinski definition) is 3. The third-order valence-electron chi connectivity index (χ3n) is 7.09. The molecule has 1 unspecified atom stereocenters. The van der Waals surface area contributed by atoms with E-state index in [1.807, 2.05) is 6.07 Å². The minimum Gasteiger partial charge on any atom is -0.397 e. The number of thiophene rings is 1. The molecule has 9 heteroatoms. The molecular weight excluding hydrogens is 493 g/mol. The first-order valence-electron chi connectivity index (χ1n) is 12.8. The Labute approximate surface area is 221 Å². The van der Waals surface area contributed by atoms with Crippen LogP contribution in [0.3, 0.4) is 0 Å². The summed E-state index contributed by atoms with van der Waals surface area (Å²) in [5, 5.41) is 8.02. The van der Waals surface area contributed by atoms with Crippen LogP contribution in [0.25, 0.3) is 0 Å². The number of nitrogens with two attached hydrogens (primary N) is 1. The second-order valence-electron chi connectivity index (χ2n) is 10.6. The molecule has 1 aromatic heterocycles. The SMILES string of the molecule is C=S(CCCN1CCNC(C)(C)C1)N1CCC(Nc2cc(N)c(C(=O)c3c(C)cccc3F)s2)CC1. The van der Waals surface area contributed by atoms with Crippen LogP contribution < -0.4 is 16.4 Å². The van der Waals surface area contributed by atoms with Crippen molar-refractivity contribution < 1.29 is 9.18 Å². The first kappa shape index (κ1) is 27.3.